The number of ether oxygens (including phenoxy) is 2. The lowest BCUT2D eigenvalue weighted by Gasteiger charge is -2.37. The Morgan fingerprint density at radius 3 is 2.81 bits per heavy atom. The van der Waals surface area contributed by atoms with E-state index in [9.17, 15) is 4.79 Å². The van der Waals surface area contributed by atoms with Crippen LogP contribution in [0.5, 0.6) is 0 Å². The van der Waals surface area contributed by atoms with E-state index in [0.29, 0.717) is 13.2 Å². The van der Waals surface area contributed by atoms with Crippen molar-refractivity contribution >= 4 is 17.7 Å². The van der Waals surface area contributed by atoms with Crippen LogP contribution >= 0.6 is 11.8 Å². The van der Waals surface area contributed by atoms with Gasteiger partial charge in [0.2, 0.25) is 5.91 Å². The maximum Gasteiger partial charge on any atom is 0.248 e. The van der Waals surface area contributed by atoms with Crippen LogP contribution < -0.4 is 0 Å². The average Bonchev–Trinajstić information content (AvgIpc) is 2.22. The number of carbonyl (C=O) groups excluding carboxylic acids is 1. The minimum atomic E-state index is 0.0875. The Labute approximate surface area is 102 Å². The van der Waals surface area contributed by atoms with E-state index in [-0.39, 0.29) is 17.3 Å². The maximum absolute atomic E-state index is 11.8. The van der Waals surface area contributed by atoms with E-state index < -0.39 is 0 Å². The van der Waals surface area contributed by atoms with Crippen LogP contribution in [0.2, 0.25) is 0 Å². The second-order valence-corrected chi connectivity index (χ2v) is 6.27. The third-order valence-electron chi connectivity index (χ3n) is 2.44. The summed E-state index contributed by atoms with van der Waals surface area (Å²) in [7, 11) is 1.62. The number of nitrogens with zero attached hydrogens (tertiary/aromatic N) is 1. The standard InChI is InChI=1S/C11H21NO3S/c1-11(2)9-12(4-7-16-11)10(13)8-15-6-5-14-3/h4-9H2,1-3H3. The first-order chi connectivity index (χ1) is 7.55. The molecule has 1 saturated heterocycles. The molecule has 0 atom stereocenters. The van der Waals surface area contributed by atoms with Gasteiger partial charge in [0.25, 0.3) is 0 Å². The van der Waals surface area contributed by atoms with Crippen LogP contribution in [0.4, 0.5) is 0 Å². The number of rotatable bonds is 5. The Bertz CT molecular complexity index is 233. The van der Waals surface area contributed by atoms with E-state index in [1.54, 1.807) is 7.11 Å². The first-order valence-electron chi connectivity index (χ1n) is 5.53. The van der Waals surface area contributed by atoms with Gasteiger partial charge in [-0.25, -0.2) is 0 Å². The van der Waals surface area contributed by atoms with Gasteiger partial charge >= 0.3 is 0 Å². The molecule has 0 unspecified atom stereocenters. The number of carbonyl (C=O) groups is 1. The first kappa shape index (κ1) is 13.8. The van der Waals surface area contributed by atoms with Crippen molar-refractivity contribution in [2.75, 3.05) is 45.8 Å². The number of hydrogen-bond donors (Lipinski definition) is 0. The lowest BCUT2D eigenvalue weighted by atomic mass is 10.2. The van der Waals surface area contributed by atoms with Gasteiger partial charge in [0.05, 0.1) is 13.2 Å². The summed E-state index contributed by atoms with van der Waals surface area (Å²) < 4.78 is 10.3. The van der Waals surface area contributed by atoms with E-state index in [2.05, 4.69) is 13.8 Å². The van der Waals surface area contributed by atoms with E-state index in [4.69, 9.17) is 9.47 Å². The number of hydrogen-bond acceptors (Lipinski definition) is 4. The van der Waals surface area contributed by atoms with Gasteiger partial charge in [0, 0.05) is 30.7 Å². The molecule has 1 aliphatic heterocycles. The van der Waals surface area contributed by atoms with Gasteiger partial charge in [0.1, 0.15) is 6.61 Å². The summed E-state index contributed by atoms with van der Waals surface area (Å²) in [5, 5.41) is 0. The van der Waals surface area contributed by atoms with Crippen LogP contribution in [0.3, 0.4) is 0 Å². The highest BCUT2D eigenvalue weighted by Crippen LogP contribution is 2.29. The molecule has 0 bridgehead atoms. The Balaban J connectivity index is 2.25. The summed E-state index contributed by atoms with van der Waals surface area (Å²) in [6, 6.07) is 0. The van der Waals surface area contributed by atoms with E-state index in [0.717, 1.165) is 18.8 Å². The van der Waals surface area contributed by atoms with Crippen molar-refractivity contribution in [3.8, 4) is 0 Å². The number of amides is 1. The van der Waals surface area contributed by atoms with E-state index >= 15 is 0 Å². The predicted octanol–water partition coefficient (Wildman–Crippen LogP) is 1.00. The molecule has 1 fully saturated rings. The maximum atomic E-state index is 11.8. The zero-order valence-corrected chi connectivity index (χ0v) is 11.1. The highest BCUT2D eigenvalue weighted by Gasteiger charge is 2.29. The van der Waals surface area contributed by atoms with Gasteiger partial charge < -0.3 is 14.4 Å². The average molecular weight is 247 g/mol. The van der Waals surface area contributed by atoms with Gasteiger partial charge in [-0.05, 0) is 13.8 Å². The topological polar surface area (TPSA) is 38.8 Å². The van der Waals surface area contributed by atoms with Crippen molar-refractivity contribution in [3.63, 3.8) is 0 Å². The third-order valence-corrected chi connectivity index (χ3v) is 3.73. The van der Waals surface area contributed by atoms with Crippen LogP contribution in [0.1, 0.15) is 13.8 Å². The second-order valence-electron chi connectivity index (χ2n) is 4.47. The number of methoxy groups -OCH3 is 1. The minimum absolute atomic E-state index is 0.0875. The molecule has 0 spiro atoms. The predicted molar refractivity (Wildman–Crippen MR) is 65.8 cm³/mol. The SMILES string of the molecule is COCCOCC(=O)N1CCSC(C)(C)C1. The van der Waals surface area contributed by atoms with Crippen LogP contribution in [0.15, 0.2) is 0 Å². The molecule has 94 valence electrons. The van der Waals surface area contributed by atoms with Crippen LogP contribution in [-0.2, 0) is 14.3 Å². The monoisotopic (exact) mass is 247 g/mol. The van der Waals surface area contributed by atoms with Gasteiger partial charge in [-0.1, -0.05) is 0 Å². The van der Waals surface area contributed by atoms with Crippen molar-refractivity contribution in [3.05, 3.63) is 0 Å². The summed E-state index contributed by atoms with van der Waals surface area (Å²) in [6.45, 7) is 7.17. The minimum Gasteiger partial charge on any atom is -0.382 e. The molecule has 4 nitrogen and oxygen atoms in total. The number of thioether (sulfide) groups is 1. The first-order valence-corrected chi connectivity index (χ1v) is 6.52. The van der Waals surface area contributed by atoms with Gasteiger partial charge in [-0.2, -0.15) is 11.8 Å². The molecule has 0 aromatic heterocycles. The molecule has 0 radical (unpaired) electrons. The fraction of sp³-hybridized carbons (Fsp3) is 0.909. The molecule has 0 saturated carbocycles. The Kier molecular flexibility index (Phi) is 5.58. The molecular formula is C11H21NO3S. The molecule has 1 amide bonds. The molecule has 5 heteroatoms. The van der Waals surface area contributed by atoms with E-state index in [1.807, 2.05) is 16.7 Å². The van der Waals surface area contributed by atoms with Crippen LogP contribution in [0, 0.1) is 0 Å². The van der Waals surface area contributed by atoms with Gasteiger partial charge in [0.15, 0.2) is 0 Å². The summed E-state index contributed by atoms with van der Waals surface area (Å²) in [5.41, 5.74) is 0. The summed E-state index contributed by atoms with van der Waals surface area (Å²) >= 11 is 1.92. The van der Waals surface area contributed by atoms with Crippen molar-refractivity contribution in [1.82, 2.24) is 4.90 Å². The Morgan fingerprint density at radius 1 is 1.44 bits per heavy atom. The lowest BCUT2D eigenvalue weighted by Crippen LogP contribution is -2.47. The Morgan fingerprint density at radius 2 is 2.19 bits per heavy atom. The van der Waals surface area contributed by atoms with Crippen molar-refractivity contribution < 1.29 is 14.3 Å². The highest BCUT2D eigenvalue weighted by atomic mass is 32.2. The van der Waals surface area contributed by atoms with Crippen LogP contribution in [-0.4, -0.2) is 61.3 Å². The molecular weight excluding hydrogens is 226 g/mol. The molecule has 0 N–H and O–H groups in total. The quantitative estimate of drug-likeness (QED) is 0.680. The molecule has 1 aliphatic rings. The van der Waals surface area contributed by atoms with Crippen LogP contribution in [0.25, 0.3) is 0 Å². The van der Waals surface area contributed by atoms with Crippen molar-refractivity contribution in [2.24, 2.45) is 0 Å². The largest absolute Gasteiger partial charge is 0.382 e. The summed E-state index contributed by atoms with van der Waals surface area (Å²) in [5.74, 6) is 1.10. The molecule has 1 rings (SSSR count). The van der Waals surface area contributed by atoms with E-state index in [1.165, 1.54) is 0 Å². The molecule has 16 heavy (non-hydrogen) atoms. The van der Waals surface area contributed by atoms with Crippen molar-refractivity contribution in [2.45, 2.75) is 18.6 Å². The van der Waals surface area contributed by atoms with Crippen molar-refractivity contribution in [1.29, 1.82) is 0 Å². The van der Waals surface area contributed by atoms with Gasteiger partial charge in [-0.3, -0.25) is 4.79 Å². The third kappa shape index (κ3) is 4.72. The fourth-order valence-electron chi connectivity index (χ4n) is 1.62. The smallest absolute Gasteiger partial charge is 0.248 e. The zero-order chi connectivity index (χ0) is 12.0. The fourth-order valence-corrected chi connectivity index (χ4v) is 2.73. The summed E-state index contributed by atoms with van der Waals surface area (Å²) in [4.78, 5) is 13.7. The second kappa shape index (κ2) is 6.47. The molecule has 1 heterocycles. The molecule has 0 aromatic rings. The highest BCUT2D eigenvalue weighted by molar-refractivity contribution is 8.00. The van der Waals surface area contributed by atoms with Gasteiger partial charge in [-0.15, -0.1) is 0 Å². The zero-order valence-electron chi connectivity index (χ0n) is 10.3. The normalized spacial score (nSPS) is 19.8. The molecule has 0 aromatic carbocycles. The summed E-state index contributed by atoms with van der Waals surface area (Å²) in [6.07, 6.45) is 0. The molecule has 0 aliphatic carbocycles. The Hall–Kier alpha value is -0.260. The lowest BCUT2D eigenvalue weighted by molar-refractivity contribution is -0.136.